The van der Waals surface area contributed by atoms with Gasteiger partial charge in [0.25, 0.3) is 5.95 Å². The number of hydrogen-bond acceptors (Lipinski definition) is 11. The van der Waals surface area contributed by atoms with Crippen LogP contribution in [0.15, 0.2) is 76.2 Å². The number of aromatic nitrogens is 3. The molecule has 2 aliphatic heterocycles. The number of piperidine rings is 1. The van der Waals surface area contributed by atoms with Gasteiger partial charge in [-0.2, -0.15) is 5.10 Å². The molecule has 5 fully saturated rings. The number of aliphatic imine (C=N–C) groups is 1. The molecular weight excluding hydrogens is 739 g/mol. The van der Waals surface area contributed by atoms with Gasteiger partial charge in [-0.3, -0.25) is 10.1 Å². The zero-order chi connectivity index (χ0) is 40.0. The Balaban J connectivity index is 0.993. The lowest BCUT2D eigenvalue weighted by atomic mass is 9.43. The van der Waals surface area contributed by atoms with E-state index < -0.39 is 5.95 Å². The molecule has 14 heteroatoms. The fraction of sp³-hybridized carbons (Fsp3) is 0.535. The lowest BCUT2D eigenvalue weighted by molar-refractivity contribution is -0.222. The minimum absolute atomic E-state index is 0.0846. The summed E-state index contributed by atoms with van der Waals surface area (Å²) in [6.07, 6.45) is 15.7. The molecule has 1 aromatic carbocycles. The zero-order valence-electron chi connectivity index (χ0n) is 33.4. The Bertz CT molecular complexity index is 2160. The molecule has 57 heavy (non-hydrogen) atoms. The number of allylic oxidation sites excluding steroid dienone is 3. The third kappa shape index (κ3) is 7.89. The van der Waals surface area contributed by atoms with Gasteiger partial charge in [-0.05, 0) is 131 Å². The van der Waals surface area contributed by atoms with Gasteiger partial charge >= 0.3 is 0 Å². The highest BCUT2D eigenvalue weighted by atomic mass is 32.1. The molecule has 4 saturated carbocycles. The van der Waals surface area contributed by atoms with Crippen molar-refractivity contribution in [3.8, 4) is 0 Å². The number of nitrogens with zero attached hydrogens (tertiary/aromatic N) is 5. The van der Waals surface area contributed by atoms with Crippen LogP contribution in [0.4, 0.5) is 5.13 Å². The summed E-state index contributed by atoms with van der Waals surface area (Å²) < 4.78 is 9.97. The second-order valence-electron chi connectivity index (χ2n) is 17.5. The molecule has 6 aliphatic rings. The number of unbranched alkanes of at least 4 members (excludes halogenated alkanes) is 1. The Morgan fingerprint density at radius 2 is 1.98 bits per heavy atom. The number of nitrogens with two attached hydrogens (primary N) is 1. The molecule has 3 unspecified atom stereocenters. The normalized spacial score (nSPS) is 28.2. The summed E-state index contributed by atoms with van der Waals surface area (Å²) >= 11 is 1.47. The number of para-hydroxylation sites is 1. The van der Waals surface area contributed by atoms with Crippen LogP contribution < -0.4 is 16.4 Å². The first-order valence-corrected chi connectivity index (χ1v) is 21.3. The second kappa shape index (κ2) is 15.7. The molecule has 4 aliphatic carbocycles. The Kier molecular flexibility index (Phi) is 10.8. The first-order chi connectivity index (χ1) is 27.4. The van der Waals surface area contributed by atoms with E-state index in [1.165, 1.54) is 24.2 Å². The first kappa shape index (κ1) is 39.3. The zero-order valence-corrected chi connectivity index (χ0v) is 34.2. The van der Waals surface area contributed by atoms with Crippen LogP contribution in [-0.4, -0.2) is 85.1 Å². The summed E-state index contributed by atoms with van der Waals surface area (Å²) in [6.45, 7) is 10.4. The number of amidine groups is 2. The maximum absolute atomic E-state index is 10.6. The van der Waals surface area contributed by atoms with E-state index in [1.54, 1.807) is 0 Å². The highest BCUT2D eigenvalue weighted by Crippen LogP contribution is 2.68. The molecule has 9 rings (SSSR count). The van der Waals surface area contributed by atoms with Crippen LogP contribution in [0.3, 0.4) is 0 Å². The van der Waals surface area contributed by atoms with Crippen LogP contribution in [-0.2, 0) is 11.3 Å². The van der Waals surface area contributed by atoms with Gasteiger partial charge in [0.1, 0.15) is 23.2 Å². The Labute approximate surface area is 338 Å². The van der Waals surface area contributed by atoms with Crippen LogP contribution >= 0.6 is 11.3 Å². The van der Waals surface area contributed by atoms with E-state index in [1.807, 2.05) is 54.4 Å². The smallest absolute Gasteiger partial charge is 0.299 e. The number of aliphatic hydroxyl groups excluding tert-OH is 2. The second-order valence-corrected chi connectivity index (χ2v) is 18.5. The van der Waals surface area contributed by atoms with Crippen LogP contribution in [0.5, 0.6) is 0 Å². The number of benzene rings is 1. The molecule has 4 atom stereocenters. The SMILES string of the molecule is CC(/C(N)=N/c1nc2ccccc2s1)=C1\CCCN(C2=CC=C(c3cnn(CC45CC6CC(OCCNCCCCO)(C4)C[C@@](C)(C6)C5)c3C)C(=C(O)O)N2)C1=N. The van der Waals surface area contributed by atoms with Crippen molar-refractivity contribution in [2.45, 2.75) is 97.1 Å². The maximum Gasteiger partial charge on any atom is 0.299 e. The average Bonchev–Trinajstić information content (AvgIpc) is 3.74. The van der Waals surface area contributed by atoms with Crippen molar-refractivity contribution >= 4 is 43.9 Å². The fourth-order valence-corrected chi connectivity index (χ4v) is 11.9. The third-order valence-corrected chi connectivity index (χ3v) is 13.8. The van der Waals surface area contributed by atoms with Crippen LogP contribution in [0.2, 0.25) is 0 Å². The molecule has 4 bridgehead atoms. The van der Waals surface area contributed by atoms with E-state index in [9.17, 15) is 15.6 Å². The van der Waals surface area contributed by atoms with E-state index in [2.05, 4.69) is 39.1 Å². The van der Waals surface area contributed by atoms with Gasteiger partial charge in [-0.1, -0.05) is 30.4 Å². The van der Waals surface area contributed by atoms with Crippen molar-refractivity contribution < 1.29 is 20.1 Å². The van der Waals surface area contributed by atoms with Gasteiger partial charge in [0.05, 0.1) is 28.6 Å². The monoisotopic (exact) mass is 795 g/mol. The Hall–Kier alpha value is -4.50. The summed E-state index contributed by atoms with van der Waals surface area (Å²) in [6, 6.07) is 7.88. The van der Waals surface area contributed by atoms with Crippen molar-refractivity contribution in [1.82, 2.24) is 30.3 Å². The predicted octanol–water partition coefficient (Wildman–Crippen LogP) is 7.10. The predicted molar refractivity (Wildman–Crippen MR) is 225 cm³/mol. The van der Waals surface area contributed by atoms with Gasteiger partial charge in [0.15, 0.2) is 0 Å². The van der Waals surface area contributed by atoms with E-state index in [4.69, 9.17) is 20.7 Å². The van der Waals surface area contributed by atoms with Gasteiger partial charge < -0.3 is 41.3 Å². The van der Waals surface area contributed by atoms with Crippen molar-refractivity contribution in [2.24, 2.45) is 27.5 Å². The summed E-state index contributed by atoms with van der Waals surface area (Å²) in [5.41, 5.74) is 11.7. The van der Waals surface area contributed by atoms with Crippen molar-refractivity contribution in [1.29, 1.82) is 5.41 Å². The fourth-order valence-electron chi connectivity index (χ4n) is 11.1. The highest BCUT2D eigenvalue weighted by molar-refractivity contribution is 7.22. The van der Waals surface area contributed by atoms with Gasteiger partial charge in [0.2, 0.25) is 5.13 Å². The molecule has 2 aromatic heterocycles. The number of rotatable bonds is 14. The number of nitrogens with one attached hydrogen (secondary N) is 3. The molecule has 304 valence electrons. The van der Waals surface area contributed by atoms with E-state index in [0.717, 1.165) is 97.2 Å². The van der Waals surface area contributed by atoms with Crippen LogP contribution in [0.25, 0.3) is 15.8 Å². The Morgan fingerprint density at radius 3 is 2.77 bits per heavy atom. The van der Waals surface area contributed by atoms with Gasteiger partial charge in [-0.25, -0.2) is 9.98 Å². The summed E-state index contributed by atoms with van der Waals surface area (Å²) in [5.74, 6) is 1.01. The standard InChI is InChI=1S/C43H57N9O4S/c1-27(37(44)50-40-48-33-10-4-5-11-34(33)57-40)30-9-8-16-51(38(30)45)35-13-12-31(36(49-35)39(54)55)32-22-47-52(28(32)2)26-42-20-29-19-41(3,23-42)24-43(21-29,25-42)56-18-15-46-14-6-7-17-53/h4-5,10-13,22,29,45-46,49,53-55H,6-9,14-21,23-26H2,1-3H3,(H2,44,48,50)/b30-27-,45-38?/t29?,41-,42?,43?/m0/s1. The van der Waals surface area contributed by atoms with E-state index in [0.29, 0.717) is 47.9 Å². The van der Waals surface area contributed by atoms with E-state index >= 15 is 0 Å². The number of dihydropyridines is 1. The van der Waals surface area contributed by atoms with Crippen LogP contribution in [0.1, 0.15) is 89.3 Å². The number of ether oxygens (including phenoxy) is 1. The number of likely N-dealkylation sites (tertiary alicyclic amines) is 1. The minimum atomic E-state index is -0.822. The summed E-state index contributed by atoms with van der Waals surface area (Å²) in [4.78, 5) is 11.1. The first-order valence-electron chi connectivity index (χ1n) is 20.5. The van der Waals surface area contributed by atoms with E-state index in [-0.39, 0.29) is 34.6 Å². The molecule has 0 amide bonds. The number of fused-ring (bicyclic) bond motifs is 1. The summed E-state index contributed by atoms with van der Waals surface area (Å²) in [5, 5.41) is 51.8. The number of aliphatic hydroxyl groups is 3. The largest absolute Gasteiger partial charge is 0.480 e. The molecule has 13 nitrogen and oxygen atoms in total. The Morgan fingerprint density at radius 1 is 1.14 bits per heavy atom. The van der Waals surface area contributed by atoms with Crippen molar-refractivity contribution in [2.75, 3.05) is 32.8 Å². The highest BCUT2D eigenvalue weighted by Gasteiger charge is 2.62. The topological polar surface area (TPSA) is 190 Å². The van der Waals surface area contributed by atoms with Crippen LogP contribution in [0, 0.1) is 29.1 Å². The summed E-state index contributed by atoms with van der Waals surface area (Å²) in [7, 11) is 0. The maximum atomic E-state index is 10.6. The van der Waals surface area contributed by atoms with Crippen molar-refractivity contribution in [3.63, 3.8) is 0 Å². The van der Waals surface area contributed by atoms with Crippen molar-refractivity contribution in [3.05, 3.63) is 82.5 Å². The van der Waals surface area contributed by atoms with Gasteiger partial charge in [0, 0.05) is 48.6 Å². The molecule has 8 N–H and O–H groups in total. The molecule has 0 spiro atoms. The lowest BCUT2D eigenvalue weighted by Gasteiger charge is -2.65. The quantitative estimate of drug-likeness (QED) is 0.0384. The third-order valence-electron chi connectivity index (χ3n) is 12.9. The minimum Gasteiger partial charge on any atom is -0.480 e. The average molecular weight is 796 g/mol. The molecular formula is C43H57N9O4S. The molecule has 0 radical (unpaired) electrons. The van der Waals surface area contributed by atoms with Gasteiger partial charge in [-0.15, -0.1) is 0 Å². The molecule has 1 saturated heterocycles. The molecule has 3 aromatic rings. The number of thiazole rings is 1. The number of hydrogen-bond donors (Lipinski definition) is 7. The lowest BCUT2D eigenvalue weighted by Crippen LogP contribution is -2.61. The molecule has 4 heterocycles.